The maximum absolute atomic E-state index is 13.9. The van der Waals surface area contributed by atoms with Crippen molar-refractivity contribution in [1.82, 2.24) is 9.21 Å². The van der Waals surface area contributed by atoms with Gasteiger partial charge in [-0.3, -0.25) is 9.69 Å². The normalized spacial score (nSPS) is 19.8. The summed E-state index contributed by atoms with van der Waals surface area (Å²) < 4.78 is 46.8. The number of hydrogen-bond donors (Lipinski definition) is 1. The fourth-order valence-electron chi connectivity index (χ4n) is 3.64. The molecule has 1 saturated heterocycles. The third kappa shape index (κ3) is 6.05. The summed E-state index contributed by atoms with van der Waals surface area (Å²) in [7, 11) is -1.97. The first-order valence-corrected chi connectivity index (χ1v) is 12.0. The molecule has 0 saturated carbocycles. The van der Waals surface area contributed by atoms with Gasteiger partial charge in [-0.1, -0.05) is 17.7 Å². The van der Waals surface area contributed by atoms with Gasteiger partial charge in [0.15, 0.2) is 0 Å². The molecule has 1 fully saturated rings. The molecule has 0 aliphatic carbocycles. The van der Waals surface area contributed by atoms with Crippen LogP contribution in [0.1, 0.15) is 19.4 Å². The molecule has 3 rings (SSSR count). The number of anilines is 1. The number of rotatable bonds is 7. The zero-order chi connectivity index (χ0) is 23.5. The highest BCUT2D eigenvalue weighted by Crippen LogP contribution is 2.23. The van der Waals surface area contributed by atoms with E-state index in [9.17, 15) is 17.6 Å². The van der Waals surface area contributed by atoms with Crippen LogP contribution in [-0.4, -0.2) is 62.4 Å². The summed E-state index contributed by atoms with van der Waals surface area (Å²) in [6.45, 7) is 4.45. The number of likely N-dealkylation sites (N-methyl/N-ethyl adjacent to an activating group) is 1. The molecule has 7 nitrogen and oxygen atoms in total. The van der Waals surface area contributed by atoms with Gasteiger partial charge in [0.1, 0.15) is 5.82 Å². The Morgan fingerprint density at radius 3 is 2.41 bits per heavy atom. The van der Waals surface area contributed by atoms with Gasteiger partial charge in [-0.15, -0.1) is 0 Å². The van der Waals surface area contributed by atoms with Gasteiger partial charge in [0, 0.05) is 35.9 Å². The summed E-state index contributed by atoms with van der Waals surface area (Å²) in [5, 5.41) is 3.03. The van der Waals surface area contributed by atoms with Gasteiger partial charge in [-0.25, -0.2) is 12.8 Å². The number of carbonyl (C=O) groups excluding carboxylic acids is 1. The quantitative estimate of drug-likeness (QED) is 0.653. The molecule has 174 valence electrons. The number of hydrogen-bond acceptors (Lipinski definition) is 5. The number of morpholine rings is 1. The second kappa shape index (κ2) is 10.3. The lowest BCUT2D eigenvalue weighted by Gasteiger charge is -2.34. The molecule has 2 aromatic carbocycles. The van der Waals surface area contributed by atoms with E-state index in [-0.39, 0.29) is 36.1 Å². The van der Waals surface area contributed by atoms with E-state index in [0.717, 1.165) is 0 Å². The molecular formula is C22H27ClFN3O4S. The zero-order valence-electron chi connectivity index (χ0n) is 18.2. The second-order valence-corrected chi connectivity index (χ2v) is 10.4. The molecule has 0 bridgehead atoms. The minimum atomic E-state index is -3.65. The molecule has 2 aromatic rings. The maximum atomic E-state index is 13.9. The molecule has 1 amide bonds. The summed E-state index contributed by atoms with van der Waals surface area (Å²) in [5.74, 6) is -0.739. The van der Waals surface area contributed by atoms with Crippen LogP contribution < -0.4 is 5.32 Å². The van der Waals surface area contributed by atoms with E-state index in [1.54, 1.807) is 30.1 Å². The highest BCUT2D eigenvalue weighted by atomic mass is 35.5. The van der Waals surface area contributed by atoms with Crippen LogP contribution in [0.5, 0.6) is 0 Å². The maximum Gasteiger partial charge on any atom is 0.243 e. The Balaban J connectivity index is 1.59. The van der Waals surface area contributed by atoms with Gasteiger partial charge in [0.05, 0.1) is 23.6 Å². The van der Waals surface area contributed by atoms with Crippen LogP contribution >= 0.6 is 11.6 Å². The van der Waals surface area contributed by atoms with E-state index in [4.69, 9.17) is 16.3 Å². The van der Waals surface area contributed by atoms with Crippen molar-refractivity contribution in [3.63, 3.8) is 0 Å². The first-order valence-electron chi connectivity index (χ1n) is 10.2. The first kappa shape index (κ1) is 24.6. The predicted molar refractivity (Wildman–Crippen MR) is 122 cm³/mol. The van der Waals surface area contributed by atoms with Crippen molar-refractivity contribution in [2.45, 2.75) is 37.5 Å². The minimum absolute atomic E-state index is 0.00820. The fraction of sp³-hybridized carbons (Fsp3) is 0.409. The lowest BCUT2D eigenvalue weighted by molar-refractivity contribution is -0.117. The second-order valence-electron chi connectivity index (χ2n) is 8.02. The summed E-state index contributed by atoms with van der Waals surface area (Å²) in [6.07, 6.45) is -0.355. The van der Waals surface area contributed by atoms with Gasteiger partial charge in [-0.2, -0.15) is 4.31 Å². The van der Waals surface area contributed by atoms with E-state index in [2.05, 4.69) is 5.32 Å². The number of ether oxygens (including phenoxy) is 1. The predicted octanol–water partition coefficient (Wildman–Crippen LogP) is 3.35. The number of nitrogens with one attached hydrogen (secondary N) is 1. The van der Waals surface area contributed by atoms with Crippen LogP contribution in [0.3, 0.4) is 0 Å². The number of carbonyl (C=O) groups is 1. The lowest BCUT2D eigenvalue weighted by Crippen LogP contribution is -2.48. The van der Waals surface area contributed by atoms with Crippen LogP contribution in [0.4, 0.5) is 10.1 Å². The van der Waals surface area contributed by atoms with E-state index in [0.29, 0.717) is 29.4 Å². The lowest BCUT2D eigenvalue weighted by atomic mass is 10.2. The molecule has 0 spiro atoms. The van der Waals surface area contributed by atoms with Crippen molar-refractivity contribution in [1.29, 1.82) is 0 Å². The van der Waals surface area contributed by atoms with Gasteiger partial charge in [-0.05, 0) is 57.3 Å². The number of amides is 1. The van der Waals surface area contributed by atoms with Crippen molar-refractivity contribution in [2.75, 3.05) is 32.0 Å². The van der Waals surface area contributed by atoms with Crippen LogP contribution in [0, 0.1) is 5.82 Å². The van der Waals surface area contributed by atoms with Gasteiger partial charge in [0.2, 0.25) is 15.9 Å². The Hall–Kier alpha value is -2.04. The third-order valence-electron chi connectivity index (χ3n) is 5.07. The van der Waals surface area contributed by atoms with Crippen molar-refractivity contribution in [3.8, 4) is 0 Å². The number of halogens is 2. The van der Waals surface area contributed by atoms with Crippen LogP contribution in [0.25, 0.3) is 0 Å². The highest BCUT2D eigenvalue weighted by molar-refractivity contribution is 7.89. The smallest absolute Gasteiger partial charge is 0.243 e. The summed E-state index contributed by atoms with van der Waals surface area (Å²) >= 11 is 6.04. The Kier molecular flexibility index (Phi) is 7.89. The highest BCUT2D eigenvalue weighted by Gasteiger charge is 2.32. The van der Waals surface area contributed by atoms with Crippen LogP contribution in [0.2, 0.25) is 5.02 Å². The minimum Gasteiger partial charge on any atom is -0.373 e. The Morgan fingerprint density at radius 1 is 1.19 bits per heavy atom. The van der Waals surface area contributed by atoms with E-state index in [1.807, 2.05) is 13.8 Å². The largest absolute Gasteiger partial charge is 0.373 e. The number of nitrogens with zero attached hydrogens (tertiary/aromatic N) is 2. The summed E-state index contributed by atoms with van der Waals surface area (Å²) in [5.41, 5.74) is 0.792. The Morgan fingerprint density at radius 2 is 1.81 bits per heavy atom. The van der Waals surface area contributed by atoms with E-state index >= 15 is 0 Å². The van der Waals surface area contributed by atoms with Crippen molar-refractivity contribution in [3.05, 3.63) is 58.9 Å². The topological polar surface area (TPSA) is 79.0 Å². The van der Waals surface area contributed by atoms with E-state index in [1.165, 1.54) is 28.6 Å². The molecule has 0 radical (unpaired) electrons. The summed E-state index contributed by atoms with van der Waals surface area (Å²) in [6, 6.07) is 10.5. The van der Waals surface area contributed by atoms with Gasteiger partial charge < -0.3 is 10.1 Å². The monoisotopic (exact) mass is 483 g/mol. The number of sulfonamides is 1. The molecule has 32 heavy (non-hydrogen) atoms. The van der Waals surface area contributed by atoms with Crippen molar-refractivity contribution >= 4 is 33.2 Å². The molecule has 1 N–H and O–H groups in total. The fourth-order valence-corrected chi connectivity index (χ4v) is 5.45. The first-order chi connectivity index (χ1) is 15.1. The zero-order valence-corrected chi connectivity index (χ0v) is 19.8. The molecule has 0 aromatic heterocycles. The molecular weight excluding hydrogens is 457 g/mol. The van der Waals surface area contributed by atoms with Crippen LogP contribution in [0.15, 0.2) is 47.4 Å². The van der Waals surface area contributed by atoms with Gasteiger partial charge in [0.25, 0.3) is 0 Å². The average molecular weight is 484 g/mol. The Bertz CT molecular complexity index is 1040. The third-order valence-corrected chi connectivity index (χ3v) is 7.27. The standard InChI is InChI=1S/C22H27ClFN3O4S/c1-15-11-27(12-16(2)31-15)32(29,30)18-9-7-17(8-10-18)25-22(28)14-26(3)13-19-20(23)5-4-6-21(19)24/h4-10,15-16H,11-14H2,1-3H3,(H,25,28). The van der Waals surface area contributed by atoms with Crippen LogP contribution in [-0.2, 0) is 26.1 Å². The average Bonchev–Trinajstić information content (AvgIpc) is 2.70. The molecule has 2 unspecified atom stereocenters. The van der Waals surface area contributed by atoms with Crippen molar-refractivity contribution in [2.24, 2.45) is 0 Å². The SMILES string of the molecule is CC1CN(S(=O)(=O)c2ccc(NC(=O)CN(C)Cc3c(F)cccc3Cl)cc2)CC(C)O1. The molecule has 1 aliphatic rings. The van der Waals surface area contributed by atoms with Crippen molar-refractivity contribution < 1.29 is 22.3 Å². The molecule has 1 aliphatic heterocycles. The molecule has 1 heterocycles. The molecule has 10 heteroatoms. The van der Waals surface area contributed by atoms with E-state index < -0.39 is 15.8 Å². The number of benzene rings is 2. The summed E-state index contributed by atoms with van der Waals surface area (Å²) in [4.78, 5) is 14.2. The molecule has 2 atom stereocenters. The Labute approximate surface area is 193 Å². The van der Waals surface area contributed by atoms with Gasteiger partial charge >= 0.3 is 0 Å².